The number of hydrogen-bond donors (Lipinski definition) is 3. The fourth-order valence-corrected chi connectivity index (χ4v) is 5.08. The topological polar surface area (TPSA) is 116 Å². The Kier molecular flexibility index (Phi) is 9.11. The number of methoxy groups -OCH3 is 1. The second kappa shape index (κ2) is 11.2. The summed E-state index contributed by atoms with van der Waals surface area (Å²) in [5, 5.41) is 29.7. The second-order valence-corrected chi connectivity index (χ2v) is 9.25. The molecule has 0 aromatic heterocycles. The Bertz CT molecular complexity index is 549. The lowest BCUT2D eigenvalue weighted by molar-refractivity contribution is -0.321. The minimum absolute atomic E-state index is 0.0754. The lowest BCUT2D eigenvalue weighted by Crippen LogP contribution is -2.55. The van der Waals surface area contributed by atoms with E-state index in [1.807, 2.05) is 20.8 Å². The molecule has 31 heavy (non-hydrogen) atoms. The minimum Gasteiger partial charge on any atom is -0.396 e. The van der Waals surface area contributed by atoms with Gasteiger partial charge in [-0.1, -0.05) is 0 Å². The Hall–Kier alpha value is -0.360. The van der Waals surface area contributed by atoms with Crippen molar-refractivity contribution in [3.8, 4) is 0 Å². The van der Waals surface area contributed by atoms with Crippen LogP contribution < -0.4 is 0 Å². The molecule has 3 aliphatic rings. The first-order valence-electron chi connectivity index (χ1n) is 11.5. The number of rotatable bonds is 7. The van der Waals surface area contributed by atoms with Gasteiger partial charge in [0.2, 0.25) is 0 Å². The zero-order valence-corrected chi connectivity index (χ0v) is 19.3. The molecule has 0 aromatic rings. The lowest BCUT2D eigenvalue weighted by atomic mass is 9.90. The van der Waals surface area contributed by atoms with E-state index in [1.165, 1.54) is 0 Å². The van der Waals surface area contributed by atoms with E-state index < -0.39 is 30.9 Å². The first-order valence-corrected chi connectivity index (χ1v) is 11.5. The Morgan fingerprint density at radius 2 is 1.29 bits per heavy atom. The van der Waals surface area contributed by atoms with Crippen LogP contribution in [0, 0.1) is 11.8 Å². The smallest absolute Gasteiger partial charge is 0.159 e. The van der Waals surface area contributed by atoms with Crippen molar-refractivity contribution in [3.63, 3.8) is 0 Å². The average Bonchev–Trinajstić information content (AvgIpc) is 2.73. The molecule has 0 radical (unpaired) electrons. The zero-order valence-electron chi connectivity index (χ0n) is 19.3. The van der Waals surface area contributed by atoms with Crippen LogP contribution in [0.15, 0.2) is 0 Å². The maximum atomic E-state index is 10.1. The highest BCUT2D eigenvalue weighted by atomic mass is 16.7. The molecule has 9 nitrogen and oxygen atoms in total. The SMILES string of the molecule is COC1CC(C)OC(C)C1OC1CC(CO)C(OC2CC(CO)C(O)C(C)O2)C(C)O1. The Morgan fingerprint density at radius 1 is 0.742 bits per heavy atom. The van der Waals surface area contributed by atoms with Gasteiger partial charge < -0.3 is 43.7 Å². The molecule has 12 atom stereocenters. The largest absolute Gasteiger partial charge is 0.396 e. The molecule has 0 spiro atoms. The van der Waals surface area contributed by atoms with E-state index in [-0.39, 0.29) is 55.6 Å². The van der Waals surface area contributed by atoms with E-state index in [0.717, 1.165) is 6.42 Å². The van der Waals surface area contributed by atoms with Crippen molar-refractivity contribution in [1.29, 1.82) is 0 Å². The van der Waals surface area contributed by atoms with Crippen molar-refractivity contribution in [3.05, 3.63) is 0 Å². The van der Waals surface area contributed by atoms with Crippen molar-refractivity contribution >= 4 is 0 Å². The normalized spacial score (nSPS) is 49.2. The summed E-state index contributed by atoms with van der Waals surface area (Å²) in [7, 11) is 1.68. The van der Waals surface area contributed by atoms with E-state index in [2.05, 4.69) is 0 Å². The van der Waals surface area contributed by atoms with Gasteiger partial charge in [-0.15, -0.1) is 0 Å². The number of aliphatic hydroxyl groups is 3. The molecular formula is C22H40O9. The molecule has 9 heteroatoms. The highest BCUT2D eigenvalue weighted by molar-refractivity contribution is 4.88. The van der Waals surface area contributed by atoms with Crippen LogP contribution in [0.3, 0.4) is 0 Å². The molecule has 0 bridgehead atoms. The fraction of sp³-hybridized carbons (Fsp3) is 1.00. The van der Waals surface area contributed by atoms with Gasteiger partial charge in [-0.25, -0.2) is 0 Å². The number of aliphatic hydroxyl groups excluding tert-OH is 3. The molecule has 3 heterocycles. The van der Waals surface area contributed by atoms with Gasteiger partial charge in [0.05, 0.1) is 42.7 Å². The van der Waals surface area contributed by atoms with Crippen LogP contribution in [-0.4, -0.2) is 97.1 Å². The molecule has 12 unspecified atom stereocenters. The molecule has 0 amide bonds. The predicted molar refractivity (Wildman–Crippen MR) is 110 cm³/mol. The summed E-state index contributed by atoms with van der Waals surface area (Å²) in [4.78, 5) is 0. The van der Waals surface area contributed by atoms with Gasteiger partial charge in [-0.05, 0) is 27.7 Å². The molecule has 3 N–H and O–H groups in total. The first kappa shape index (κ1) is 25.3. The van der Waals surface area contributed by atoms with Gasteiger partial charge >= 0.3 is 0 Å². The fourth-order valence-electron chi connectivity index (χ4n) is 5.08. The lowest BCUT2D eigenvalue weighted by Gasteiger charge is -2.46. The molecule has 182 valence electrons. The molecule has 0 aliphatic carbocycles. The summed E-state index contributed by atoms with van der Waals surface area (Å²) >= 11 is 0. The van der Waals surface area contributed by atoms with Gasteiger partial charge in [0.15, 0.2) is 12.6 Å². The van der Waals surface area contributed by atoms with Crippen LogP contribution >= 0.6 is 0 Å². The predicted octanol–water partition coefficient (Wildman–Crippen LogP) is 0.817. The van der Waals surface area contributed by atoms with Crippen molar-refractivity contribution in [2.45, 2.75) is 108 Å². The van der Waals surface area contributed by atoms with Crippen LogP contribution in [0.5, 0.6) is 0 Å². The minimum atomic E-state index is -0.729. The zero-order chi connectivity index (χ0) is 22.7. The summed E-state index contributed by atoms with van der Waals surface area (Å²) in [6.07, 6.45) is -1.77. The van der Waals surface area contributed by atoms with Crippen LogP contribution in [0.4, 0.5) is 0 Å². The van der Waals surface area contributed by atoms with Gasteiger partial charge in [-0.3, -0.25) is 0 Å². The summed E-state index contributed by atoms with van der Waals surface area (Å²) in [6.45, 7) is 7.44. The molecule has 3 aliphatic heterocycles. The summed E-state index contributed by atoms with van der Waals surface area (Å²) in [5.74, 6) is -0.509. The molecule has 0 saturated carbocycles. The summed E-state index contributed by atoms with van der Waals surface area (Å²) in [5.41, 5.74) is 0. The van der Waals surface area contributed by atoms with Crippen molar-refractivity contribution < 1.29 is 43.7 Å². The van der Waals surface area contributed by atoms with Gasteiger partial charge in [0.1, 0.15) is 6.10 Å². The number of hydrogen-bond acceptors (Lipinski definition) is 9. The second-order valence-electron chi connectivity index (χ2n) is 9.25. The van der Waals surface area contributed by atoms with Crippen molar-refractivity contribution in [1.82, 2.24) is 0 Å². The highest BCUT2D eigenvalue weighted by Gasteiger charge is 2.44. The van der Waals surface area contributed by atoms with E-state index in [9.17, 15) is 15.3 Å². The van der Waals surface area contributed by atoms with Gasteiger partial charge in [-0.2, -0.15) is 0 Å². The third kappa shape index (κ3) is 5.96. The van der Waals surface area contributed by atoms with Crippen molar-refractivity contribution in [2.24, 2.45) is 11.8 Å². The molecule has 3 rings (SSSR count). The van der Waals surface area contributed by atoms with Crippen LogP contribution in [0.2, 0.25) is 0 Å². The maximum Gasteiger partial charge on any atom is 0.159 e. The molecule has 0 aromatic carbocycles. The summed E-state index contributed by atoms with van der Waals surface area (Å²) < 4.78 is 35.9. The Balaban J connectivity index is 1.60. The quantitative estimate of drug-likeness (QED) is 0.520. The van der Waals surface area contributed by atoms with E-state index in [0.29, 0.717) is 12.8 Å². The van der Waals surface area contributed by atoms with Gasteiger partial charge in [0.25, 0.3) is 0 Å². The standard InChI is InChI=1S/C22H40O9/c1-11-6-17(26-5)22(14(4)27-11)31-19-8-16(10-24)21(13(3)29-19)30-18-7-15(9-23)20(25)12(2)28-18/h11-25H,6-10H2,1-5H3. The van der Waals surface area contributed by atoms with E-state index in [1.54, 1.807) is 14.0 Å². The molecule has 3 saturated heterocycles. The van der Waals surface area contributed by atoms with E-state index in [4.69, 9.17) is 28.4 Å². The monoisotopic (exact) mass is 448 g/mol. The Morgan fingerprint density at radius 3 is 1.90 bits per heavy atom. The van der Waals surface area contributed by atoms with Crippen LogP contribution in [-0.2, 0) is 28.4 Å². The van der Waals surface area contributed by atoms with Crippen molar-refractivity contribution in [2.75, 3.05) is 20.3 Å². The van der Waals surface area contributed by atoms with E-state index >= 15 is 0 Å². The van der Waals surface area contributed by atoms with Crippen LogP contribution in [0.1, 0.15) is 47.0 Å². The van der Waals surface area contributed by atoms with Crippen LogP contribution in [0.25, 0.3) is 0 Å². The third-order valence-electron chi connectivity index (χ3n) is 6.84. The molecule has 3 fully saturated rings. The molecular weight excluding hydrogens is 408 g/mol. The highest BCUT2D eigenvalue weighted by Crippen LogP contribution is 2.35. The maximum absolute atomic E-state index is 10.1. The van der Waals surface area contributed by atoms with Gasteiger partial charge in [0, 0.05) is 51.4 Å². The Labute approximate surface area is 184 Å². The average molecular weight is 449 g/mol. The first-order chi connectivity index (χ1) is 14.8. The third-order valence-corrected chi connectivity index (χ3v) is 6.84. The number of ether oxygens (including phenoxy) is 6. The summed E-state index contributed by atoms with van der Waals surface area (Å²) in [6, 6.07) is 0.